The second kappa shape index (κ2) is 16.4. The highest BCUT2D eigenvalue weighted by atomic mass is 19.1. The van der Waals surface area contributed by atoms with Crippen LogP contribution in [0.15, 0.2) is 95.1 Å². The Bertz CT molecular complexity index is 1800. The number of carboxylic acid groups (broad SMARTS) is 1. The number of aromatic carboxylic acids is 1. The molecule has 0 amide bonds. The summed E-state index contributed by atoms with van der Waals surface area (Å²) in [6.07, 6.45) is 24.0. The van der Waals surface area contributed by atoms with Gasteiger partial charge in [-0.1, -0.05) is 55.4 Å². The van der Waals surface area contributed by atoms with Crippen molar-refractivity contribution in [3.8, 4) is 11.5 Å². The highest BCUT2D eigenvalue weighted by Crippen LogP contribution is 2.62. The van der Waals surface area contributed by atoms with Gasteiger partial charge in [-0.3, -0.25) is 4.79 Å². The first-order valence-corrected chi connectivity index (χ1v) is 18.5. The van der Waals surface area contributed by atoms with E-state index in [1.54, 1.807) is 19.3 Å². The summed E-state index contributed by atoms with van der Waals surface area (Å²) in [6.45, 7) is 10.9. The van der Waals surface area contributed by atoms with Crippen molar-refractivity contribution < 1.29 is 33.4 Å². The van der Waals surface area contributed by atoms with Gasteiger partial charge in [-0.15, -0.1) is 0 Å². The van der Waals surface area contributed by atoms with Crippen LogP contribution in [0, 0.1) is 29.0 Å². The second-order valence-corrected chi connectivity index (χ2v) is 16.0. The third-order valence-corrected chi connectivity index (χ3v) is 11.5. The summed E-state index contributed by atoms with van der Waals surface area (Å²) < 4.78 is 25.0. The summed E-state index contributed by atoms with van der Waals surface area (Å²) in [4.78, 5) is 34.1. The van der Waals surface area contributed by atoms with Crippen molar-refractivity contribution in [3.63, 3.8) is 0 Å². The molecule has 0 aromatic heterocycles. The lowest BCUT2D eigenvalue weighted by atomic mass is 9.48. The number of allylic oxidation sites excluding steroid dienone is 10. The third kappa shape index (κ3) is 9.09. The quantitative estimate of drug-likeness (QED) is 0.0869. The van der Waals surface area contributed by atoms with Crippen molar-refractivity contribution in [1.29, 1.82) is 0 Å². The van der Waals surface area contributed by atoms with Crippen molar-refractivity contribution >= 4 is 18.2 Å². The maximum absolute atomic E-state index is 14.0. The number of hydrogen-bond acceptors (Lipinski definition) is 5. The van der Waals surface area contributed by atoms with Gasteiger partial charge >= 0.3 is 11.9 Å². The van der Waals surface area contributed by atoms with Gasteiger partial charge in [0, 0.05) is 11.6 Å². The Labute approximate surface area is 308 Å². The number of halogens is 1. The first-order chi connectivity index (χ1) is 24.7. The van der Waals surface area contributed by atoms with Gasteiger partial charge in [0.1, 0.15) is 23.6 Å². The molecule has 0 heterocycles. The fourth-order valence-electron chi connectivity index (χ4n) is 9.38. The number of esters is 1. The first-order valence-electron chi connectivity index (χ1n) is 18.5. The predicted octanol–water partition coefficient (Wildman–Crippen LogP) is 10.9. The molecule has 0 unspecified atom stereocenters. The normalized spacial score (nSPS) is 25.2. The summed E-state index contributed by atoms with van der Waals surface area (Å²) in [6, 6.07) is 8.66. The lowest BCUT2D eigenvalue weighted by Gasteiger charge is -2.57. The van der Waals surface area contributed by atoms with E-state index in [1.807, 2.05) is 31.2 Å². The van der Waals surface area contributed by atoms with Crippen molar-refractivity contribution in [2.45, 2.75) is 97.8 Å². The molecule has 0 spiro atoms. The summed E-state index contributed by atoms with van der Waals surface area (Å²) in [5.74, 6) is 0.116. The lowest BCUT2D eigenvalue weighted by molar-refractivity contribution is -0.104. The Kier molecular flexibility index (Phi) is 12.2. The molecule has 4 bridgehead atoms. The number of carbonyl (C=O) groups is 3. The van der Waals surface area contributed by atoms with Gasteiger partial charge in [0.05, 0.1) is 18.2 Å². The van der Waals surface area contributed by atoms with Crippen LogP contribution >= 0.6 is 0 Å². The highest BCUT2D eigenvalue weighted by Gasteiger charge is 2.52. The maximum atomic E-state index is 14.0. The van der Waals surface area contributed by atoms with Gasteiger partial charge < -0.3 is 14.6 Å². The Morgan fingerprint density at radius 2 is 1.58 bits per heavy atom. The van der Waals surface area contributed by atoms with Crippen LogP contribution in [0.4, 0.5) is 4.39 Å². The van der Waals surface area contributed by atoms with Crippen molar-refractivity contribution in [3.05, 3.63) is 118 Å². The number of carboxylic acids is 1. The van der Waals surface area contributed by atoms with Crippen molar-refractivity contribution in [2.75, 3.05) is 7.11 Å². The number of carbonyl (C=O) groups excluding carboxylic acids is 2. The molecule has 0 radical (unpaired) electrons. The number of hydrogen-bond donors (Lipinski definition) is 1. The molecule has 7 heteroatoms. The molecule has 4 fully saturated rings. The minimum Gasteiger partial charge on any atom is -0.496 e. The fourth-order valence-corrected chi connectivity index (χ4v) is 9.38. The zero-order valence-corrected chi connectivity index (χ0v) is 31.5. The van der Waals surface area contributed by atoms with Crippen LogP contribution in [0.2, 0.25) is 0 Å². The van der Waals surface area contributed by atoms with E-state index in [9.17, 15) is 18.8 Å². The molecule has 6 nitrogen and oxygen atoms in total. The Balaban J connectivity index is 0.000000219. The van der Waals surface area contributed by atoms with E-state index in [2.05, 4.69) is 45.9 Å². The maximum Gasteiger partial charge on any atom is 0.343 e. The van der Waals surface area contributed by atoms with E-state index in [0.29, 0.717) is 5.56 Å². The van der Waals surface area contributed by atoms with Crippen molar-refractivity contribution in [1.82, 2.24) is 0 Å². The molecule has 1 N–H and O–H groups in total. The smallest absolute Gasteiger partial charge is 0.343 e. The Morgan fingerprint density at radius 3 is 2.15 bits per heavy atom. The summed E-state index contributed by atoms with van der Waals surface area (Å²) >= 11 is 0. The van der Waals surface area contributed by atoms with Gasteiger partial charge in [-0.2, -0.15) is 0 Å². The molecule has 0 saturated heterocycles. The molecule has 52 heavy (non-hydrogen) atoms. The van der Waals surface area contributed by atoms with Crippen LogP contribution in [0.25, 0.3) is 0 Å². The van der Waals surface area contributed by atoms with E-state index >= 15 is 0 Å². The van der Waals surface area contributed by atoms with E-state index in [4.69, 9.17) is 14.6 Å². The molecule has 4 saturated carbocycles. The fraction of sp³-hybridized carbons (Fsp3) is 0.444. The van der Waals surface area contributed by atoms with Gasteiger partial charge in [-0.05, 0) is 155 Å². The summed E-state index contributed by atoms with van der Waals surface area (Å²) in [5.41, 5.74) is 6.53. The van der Waals surface area contributed by atoms with Gasteiger partial charge in [0.25, 0.3) is 0 Å². The molecular formula is C45H53FO6. The van der Waals surface area contributed by atoms with E-state index in [0.717, 1.165) is 72.3 Å². The molecular weight excluding hydrogens is 655 g/mol. The highest BCUT2D eigenvalue weighted by molar-refractivity contribution is 5.92. The van der Waals surface area contributed by atoms with Crippen molar-refractivity contribution in [2.24, 2.45) is 23.2 Å². The molecule has 7 rings (SSSR count). The number of benzene rings is 2. The third-order valence-electron chi connectivity index (χ3n) is 11.5. The van der Waals surface area contributed by atoms with E-state index in [-0.39, 0.29) is 16.6 Å². The number of aldehydes is 1. The topological polar surface area (TPSA) is 89.9 Å². The average molecular weight is 709 g/mol. The molecule has 0 atom stereocenters. The Morgan fingerprint density at radius 1 is 0.923 bits per heavy atom. The summed E-state index contributed by atoms with van der Waals surface area (Å²) in [7, 11) is 1.66. The average Bonchev–Trinajstić information content (AvgIpc) is 3.07. The zero-order valence-electron chi connectivity index (χ0n) is 31.5. The number of ether oxygens (including phenoxy) is 2. The van der Waals surface area contributed by atoms with E-state index < -0.39 is 23.3 Å². The zero-order chi connectivity index (χ0) is 37.6. The monoisotopic (exact) mass is 708 g/mol. The molecule has 5 aliphatic rings. The molecule has 276 valence electrons. The predicted molar refractivity (Wildman–Crippen MR) is 203 cm³/mol. The minimum absolute atomic E-state index is 0.0281. The van der Waals surface area contributed by atoms with Crippen LogP contribution in [-0.4, -0.2) is 30.4 Å². The van der Waals surface area contributed by atoms with Gasteiger partial charge in [0.15, 0.2) is 0 Å². The molecule has 2 aromatic rings. The van der Waals surface area contributed by atoms with Crippen LogP contribution in [0.5, 0.6) is 11.5 Å². The van der Waals surface area contributed by atoms with Crippen LogP contribution < -0.4 is 9.47 Å². The minimum atomic E-state index is -1.37. The van der Waals surface area contributed by atoms with E-state index in [1.165, 1.54) is 61.3 Å². The number of rotatable bonds is 10. The standard InChI is InChI=1S/C25H25FO5.C20H28O/c1-30-22-5-2-17(24(29)31-18-3-4-19(23(27)28)21(26)10-18)9-20(22)25-11-14-6-15(12-25)8-16(7-14)13-25;1-16(8-6-9-17(2)13-15-21)11-12-19-18(3)10-7-14-20(19,4)5/h2-5,9-10,14-16H,6-8,11-13H2,1H3,(H,27,28);6,8-9,11-13,15H,7,10,14H2,1-5H3/b;9-6+,12-11+,16-8+,17-13+. The van der Waals surface area contributed by atoms with Crippen LogP contribution in [0.1, 0.15) is 119 Å². The largest absolute Gasteiger partial charge is 0.496 e. The lowest BCUT2D eigenvalue weighted by Crippen LogP contribution is -2.48. The van der Waals surface area contributed by atoms with Gasteiger partial charge in [-0.25, -0.2) is 14.0 Å². The summed E-state index contributed by atoms with van der Waals surface area (Å²) in [5, 5.41) is 8.95. The van der Waals surface area contributed by atoms with Crippen LogP contribution in [0.3, 0.4) is 0 Å². The molecule has 0 aliphatic heterocycles. The Hall–Kier alpha value is -4.52. The first kappa shape index (κ1) is 38.7. The molecule has 2 aromatic carbocycles. The second-order valence-electron chi connectivity index (χ2n) is 16.0. The van der Waals surface area contributed by atoms with Crippen LogP contribution in [-0.2, 0) is 10.2 Å². The number of methoxy groups -OCH3 is 1. The SMILES string of the molecule is CC1=C(/C=C/C(C)=C/C=C/C(C)=C/C=O)C(C)(C)CCC1.COc1ccc(C(=O)Oc2ccc(C(=O)O)c(F)c2)cc1C12CC3CC(CC(C3)C1)C2. The molecule has 5 aliphatic carbocycles. The van der Waals surface area contributed by atoms with Gasteiger partial charge in [0.2, 0.25) is 0 Å².